The minimum atomic E-state index is 0.0278. The summed E-state index contributed by atoms with van der Waals surface area (Å²) in [6, 6.07) is 16.1. The molecule has 0 saturated carbocycles. The molecule has 1 fully saturated rings. The van der Waals surface area contributed by atoms with Gasteiger partial charge in [-0.05, 0) is 54.3 Å². The van der Waals surface area contributed by atoms with Crippen molar-refractivity contribution in [2.45, 2.75) is 30.4 Å². The number of thioether (sulfide) groups is 1. The highest BCUT2D eigenvalue weighted by molar-refractivity contribution is 7.98. The Morgan fingerprint density at radius 2 is 1.96 bits per heavy atom. The molecule has 148 valence electrons. The van der Waals surface area contributed by atoms with Gasteiger partial charge in [0.15, 0.2) is 5.75 Å². The zero-order valence-corrected chi connectivity index (χ0v) is 17.1. The van der Waals surface area contributed by atoms with E-state index in [1.54, 1.807) is 30.6 Å². The molecule has 0 spiro atoms. The Kier molecular flexibility index (Phi) is 7.39. The molecule has 0 aliphatic carbocycles. The lowest BCUT2D eigenvalue weighted by Crippen LogP contribution is -2.22. The smallest absolute Gasteiger partial charge is 0.223 e. The van der Waals surface area contributed by atoms with Crippen LogP contribution in [0.3, 0.4) is 0 Å². The topological polar surface area (TPSA) is 50.8 Å². The second kappa shape index (κ2) is 10.2. The van der Waals surface area contributed by atoms with Crippen molar-refractivity contribution in [3.05, 3.63) is 65.9 Å². The molecule has 1 aliphatic rings. The number of nitrogens with zero attached hydrogens (tertiary/aromatic N) is 1. The normalized spacial score (nSPS) is 13.7. The van der Waals surface area contributed by atoms with Gasteiger partial charge in [0, 0.05) is 36.5 Å². The number of rotatable bonds is 7. The molecule has 0 bridgehead atoms. The van der Waals surface area contributed by atoms with Gasteiger partial charge in [-0.3, -0.25) is 4.79 Å². The molecular weight excluding hydrogens is 372 g/mol. The summed E-state index contributed by atoms with van der Waals surface area (Å²) in [5.41, 5.74) is 6.37. The molecule has 0 atom stereocenters. The maximum atomic E-state index is 11.4. The van der Waals surface area contributed by atoms with Gasteiger partial charge >= 0.3 is 0 Å². The number of anilines is 1. The van der Waals surface area contributed by atoms with Crippen LogP contribution in [0.5, 0.6) is 5.75 Å². The van der Waals surface area contributed by atoms with Crippen LogP contribution < -0.4 is 15.2 Å². The monoisotopic (exact) mass is 398 g/mol. The van der Waals surface area contributed by atoms with Gasteiger partial charge < -0.3 is 14.5 Å². The molecule has 2 aromatic carbocycles. The van der Waals surface area contributed by atoms with Gasteiger partial charge in [0.05, 0.1) is 13.2 Å². The van der Waals surface area contributed by atoms with Crippen molar-refractivity contribution in [2.75, 3.05) is 25.2 Å². The lowest BCUT2D eigenvalue weighted by Gasteiger charge is -2.15. The molecule has 0 radical (unpaired) electrons. The Bertz CT molecular complexity index is 813. The van der Waals surface area contributed by atoms with Crippen molar-refractivity contribution in [3.8, 4) is 5.75 Å². The fourth-order valence-electron chi connectivity index (χ4n) is 2.75. The van der Waals surface area contributed by atoms with E-state index in [-0.39, 0.29) is 5.91 Å². The van der Waals surface area contributed by atoms with E-state index in [1.807, 2.05) is 36.5 Å². The largest absolute Gasteiger partial charge is 0.383 e. The first-order valence-corrected chi connectivity index (χ1v) is 10.3. The lowest BCUT2D eigenvalue weighted by molar-refractivity contribution is -0.116. The predicted molar refractivity (Wildman–Crippen MR) is 113 cm³/mol. The average molecular weight is 399 g/mol. The summed E-state index contributed by atoms with van der Waals surface area (Å²) in [6.45, 7) is 3.13. The minimum Gasteiger partial charge on any atom is -0.383 e. The van der Waals surface area contributed by atoms with Crippen molar-refractivity contribution in [1.82, 2.24) is 5.48 Å². The number of amides is 1. The van der Waals surface area contributed by atoms with Crippen LogP contribution in [0.2, 0.25) is 0 Å². The molecule has 2 aromatic rings. The van der Waals surface area contributed by atoms with Crippen molar-refractivity contribution >= 4 is 23.4 Å². The van der Waals surface area contributed by atoms with Crippen molar-refractivity contribution < 1.29 is 14.4 Å². The van der Waals surface area contributed by atoms with Gasteiger partial charge in [-0.1, -0.05) is 18.2 Å². The Morgan fingerprint density at radius 1 is 1.21 bits per heavy atom. The van der Waals surface area contributed by atoms with Gasteiger partial charge in [-0.25, -0.2) is 5.48 Å². The second-order valence-electron chi connectivity index (χ2n) is 6.64. The Balaban J connectivity index is 1.51. The number of ether oxygens (including phenoxy) is 1. The zero-order chi connectivity index (χ0) is 19.8. The van der Waals surface area contributed by atoms with Crippen LogP contribution in [0.15, 0.2) is 65.2 Å². The summed E-state index contributed by atoms with van der Waals surface area (Å²) in [6.07, 6.45) is 3.84. The first-order valence-electron chi connectivity index (χ1n) is 9.36. The molecule has 5 nitrogen and oxygen atoms in total. The van der Waals surface area contributed by atoms with Crippen LogP contribution >= 0.6 is 11.8 Å². The number of hydrogen-bond acceptors (Lipinski definition) is 5. The molecule has 0 unspecified atom stereocenters. The highest BCUT2D eigenvalue weighted by atomic mass is 32.2. The Labute approximate surface area is 170 Å². The number of carbonyl (C=O) groups excluding carboxylic acids is 1. The second-order valence-corrected chi connectivity index (χ2v) is 7.69. The van der Waals surface area contributed by atoms with Crippen molar-refractivity contribution in [2.24, 2.45) is 0 Å². The number of hydrogen-bond donors (Lipinski definition) is 1. The summed E-state index contributed by atoms with van der Waals surface area (Å²) >= 11 is 1.75. The third kappa shape index (κ3) is 6.04. The summed E-state index contributed by atoms with van der Waals surface area (Å²) in [4.78, 5) is 19.9. The fraction of sp³-hybridized carbons (Fsp3) is 0.318. The van der Waals surface area contributed by atoms with Crippen molar-refractivity contribution in [3.63, 3.8) is 0 Å². The van der Waals surface area contributed by atoms with E-state index in [0.29, 0.717) is 0 Å². The fourth-order valence-corrected chi connectivity index (χ4v) is 3.65. The van der Waals surface area contributed by atoms with E-state index < -0.39 is 0 Å². The van der Waals surface area contributed by atoms with E-state index >= 15 is 0 Å². The van der Waals surface area contributed by atoms with E-state index in [4.69, 9.17) is 9.57 Å². The lowest BCUT2D eigenvalue weighted by atomic mass is 10.1. The molecule has 1 amide bonds. The van der Waals surface area contributed by atoms with Gasteiger partial charge in [-0.15, -0.1) is 11.8 Å². The first-order chi connectivity index (χ1) is 13.6. The molecule has 6 heteroatoms. The Hall–Kier alpha value is -2.44. The van der Waals surface area contributed by atoms with Crippen LogP contribution in [0, 0.1) is 0 Å². The molecule has 28 heavy (non-hydrogen) atoms. The quantitative estimate of drug-likeness (QED) is 0.548. The van der Waals surface area contributed by atoms with Crippen LogP contribution in [0.25, 0.3) is 0 Å². The molecule has 1 N–H and O–H groups in total. The van der Waals surface area contributed by atoms with Gasteiger partial charge in [0.25, 0.3) is 0 Å². The van der Waals surface area contributed by atoms with Crippen LogP contribution in [0.1, 0.15) is 25.3 Å². The van der Waals surface area contributed by atoms with Gasteiger partial charge in [-0.2, -0.15) is 0 Å². The van der Waals surface area contributed by atoms with Crippen LogP contribution in [-0.4, -0.2) is 26.2 Å². The summed E-state index contributed by atoms with van der Waals surface area (Å²) in [5.74, 6) is 1.66. The molecular formula is C22H26N2O3S. The molecule has 0 aromatic heterocycles. The molecule has 1 aliphatic heterocycles. The number of carbonyl (C=O) groups is 1. The minimum absolute atomic E-state index is 0.0278. The molecule has 1 heterocycles. The van der Waals surface area contributed by atoms with E-state index in [0.717, 1.165) is 48.1 Å². The summed E-state index contributed by atoms with van der Waals surface area (Å²) < 4.78 is 5.34. The van der Waals surface area contributed by atoms with Crippen LogP contribution in [-0.2, 0) is 15.3 Å². The van der Waals surface area contributed by atoms with Crippen molar-refractivity contribution in [1.29, 1.82) is 0 Å². The highest BCUT2D eigenvalue weighted by Crippen LogP contribution is 2.27. The number of benzene rings is 2. The standard InChI is InChI=1S/C22H26N2O3S/c1-17(25)24(2)20-8-6-19(7-9-20)16-28-22-5-3-4-21(14-22)27-23-15-18-10-12-26-13-11-18/h3-9,14-15,23H,10-13,16H2,1-2H3. The SMILES string of the molecule is CC(=O)N(C)c1ccc(CSc2cccc(ONC=C3CCOCC3)c2)cc1. The zero-order valence-electron chi connectivity index (χ0n) is 16.3. The highest BCUT2D eigenvalue weighted by Gasteiger charge is 2.06. The van der Waals surface area contributed by atoms with E-state index in [9.17, 15) is 4.79 Å². The van der Waals surface area contributed by atoms with E-state index in [2.05, 4.69) is 23.7 Å². The van der Waals surface area contributed by atoms with E-state index in [1.165, 1.54) is 11.1 Å². The maximum Gasteiger partial charge on any atom is 0.223 e. The predicted octanol–water partition coefficient (Wildman–Crippen LogP) is 4.54. The Morgan fingerprint density at radius 3 is 2.68 bits per heavy atom. The van der Waals surface area contributed by atoms with Crippen LogP contribution in [0.4, 0.5) is 5.69 Å². The first kappa shape index (κ1) is 20.3. The third-order valence-corrected chi connectivity index (χ3v) is 5.65. The maximum absolute atomic E-state index is 11.4. The molecule has 3 rings (SSSR count). The third-order valence-electron chi connectivity index (χ3n) is 4.58. The average Bonchev–Trinajstić information content (AvgIpc) is 2.73. The van der Waals surface area contributed by atoms with Gasteiger partial charge in [0.1, 0.15) is 0 Å². The number of hydroxylamine groups is 1. The molecule has 1 saturated heterocycles. The van der Waals surface area contributed by atoms with Gasteiger partial charge in [0.2, 0.25) is 5.91 Å². The number of nitrogens with one attached hydrogen (secondary N) is 1. The summed E-state index contributed by atoms with van der Waals surface area (Å²) in [5, 5.41) is 0. The summed E-state index contributed by atoms with van der Waals surface area (Å²) in [7, 11) is 1.78.